The molecule has 1 saturated carbocycles. The molecule has 0 radical (unpaired) electrons. The Morgan fingerprint density at radius 3 is 2.58 bits per heavy atom. The molecule has 2 fully saturated rings. The summed E-state index contributed by atoms with van der Waals surface area (Å²) in [5, 5.41) is 10.9. The van der Waals surface area contributed by atoms with E-state index < -0.39 is 22.1 Å². The predicted molar refractivity (Wildman–Crippen MR) is 91.1 cm³/mol. The summed E-state index contributed by atoms with van der Waals surface area (Å²) in [7, 11) is 0. The lowest BCUT2D eigenvalue weighted by molar-refractivity contribution is -0.137. The molecule has 1 heterocycles. The lowest BCUT2D eigenvalue weighted by Gasteiger charge is -2.42. The first-order chi connectivity index (χ1) is 11.1. The van der Waals surface area contributed by atoms with E-state index >= 15 is 0 Å². The van der Waals surface area contributed by atoms with Crippen molar-refractivity contribution >= 4 is 16.8 Å². The van der Waals surface area contributed by atoms with E-state index in [4.69, 9.17) is 4.18 Å². The number of nitrogens with one attached hydrogen (secondary N) is 1. The van der Waals surface area contributed by atoms with Gasteiger partial charge in [-0.05, 0) is 62.8 Å². The maximum absolute atomic E-state index is 12.9. The SMILES string of the molecule is CC1=C([C@@H]2CCOS(O)(O)N2)C2=C(C)C3(CC3)[C@@](C)(O)C(=O)C2=C1. The maximum Gasteiger partial charge on any atom is 0.195 e. The van der Waals surface area contributed by atoms with Gasteiger partial charge >= 0.3 is 0 Å². The molecule has 1 aliphatic heterocycles. The van der Waals surface area contributed by atoms with E-state index in [0.717, 1.165) is 35.1 Å². The highest BCUT2D eigenvalue weighted by atomic mass is 32.3. The van der Waals surface area contributed by atoms with Crippen LogP contribution in [0.4, 0.5) is 0 Å². The molecule has 0 aromatic carbocycles. The molecule has 1 saturated heterocycles. The number of carbonyl (C=O) groups excluding carboxylic acids is 1. The van der Waals surface area contributed by atoms with Gasteiger partial charge in [-0.25, -0.2) is 4.72 Å². The highest BCUT2D eigenvalue weighted by molar-refractivity contribution is 8.18. The fraction of sp³-hybridized carbons (Fsp3) is 0.588. The third kappa shape index (κ3) is 2.00. The van der Waals surface area contributed by atoms with Gasteiger partial charge in [-0.15, -0.1) is 0 Å². The van der Waals surface area contributed by atoms with Gasteiger partial charge in [0.1, 0.15) is 5.60 Å². The Balaban J connectivity index is 1.82. The van der Waals surface area contributed by atoms with Crippen molar-refractivity contribution in [3.8, 4) is 0 Å². The van der Waals surface area contributed by atoms with Crippen molar-refractivity contribution in [2.45, 2.75) is 51.7 Å². The molecule has 0 unspecified atom stereocenters. The molecule has 0 aromatic rings. The van der Waals surface area contributed by atoms with Crippen LogP contribution in [-0.4, -0.2) is 38.2 Å². The summed E-state index contributed by atoms with van der Waals surface area (Å²) in [6.45, 7) is 5.79. The van der Waals surface area contributed by atoms with Gasteiger partial charge in [-0.1, -0.05) is 5.57 Å². The highest BCUT2D eigenvalue weighted by Gasteiger charge is 2.65. The van der Waals surface area contributed by atoms with Crippen molar-refractivity contribution in [2.75, 3.05) is 6.61 Å². The number of carbonyl (C=O) groups is 1. The van der Waals surface area contributed by atoms with Crippen molar-refractivity contribution in [2.24, 2.45) is 5.41 Å². The second kappa shape index (κ2) is 4.81. The summed E-state index contributed by atoms with van der Waals surface area (Å²) in [5.74, 6) is -0.228. The van der Waals surface area contributed by atoms with Crippen LogP contribution in [0.25, 0.3) is 0 Å². The molecule has 4 N–H and O–H groups in total. The van der Waals surface area contributed by atoms with Crippen LogP contribution in [0.3, 0.4) is 0 Å². The summed E-state index contributed by atoms with van der Waals surface area (Å²) in [5.41, 5.74) is 2.49. The van der Waals surface area contributed by atoms with Crippen LogP contribution in [0.2, 0.25) is 0 Å². The molecule has 3 aliphatic carbocycles. The molecule has 132 valence electrons. The molecular weight excluding hydrogens is 330 g/mol. The molecule has 6 nitrogen and oxygen atoms in total. The van der Waals surface area contributed by atoms with Gasteiger partial charge in [-0.2, -0.15) is 0 Å². The summed E-state index contributed by atoms with van der Waals surface area (Å²) >= 11 is -3.26. The Bertz CT molecular complexity index is 742. The smallest absolute Gasteiger partial charge is 0.195 e. The van der Waals surface area contributed by atoms with Crippen molar-refractivity contribution in [1.29, 1.82) is 0 Å². The standard InChI is InChI=1S/C17H23NO5S/c1-9-8-11-14(13(9)12-4-7-23-24(21,22)18-12)10(2)17(5-6-17)16(3,20)15(11)19/h8,12,18,20-22H,4-7H2,1-3H3/t12-,16-/m0/s1. The van der Waals surface area contributed by atoms with Crippen molar-refractivity contribution in [3.63, 3.8) is 0 Å². The highest BCUT2D eigenvalue weighted by Crippen LogP contribution is 2.65. The van der Waals surface area contributed by atoms with E-state index in [1.807, 2.05) is 19.9 Å². The monoisotopic (exact) mass is 353 g/mol. The predicted octanol–water partition coefficient (Wildman–Crippen LogP) is 2.63. The molecule has 0 aromatic heterocycles. The van der Waals surface area contributed by atoms with Crippen molar-refractivity contribution < 1.29 is 23.2 Å². The van der Waals surface area contributed by atoms with Crippen LogP contribution < -0.4 is 4.72 Å². The largest absolute Gasteiger partial charge is 0.381 e. The fourth-order valence-corrected chi connectivity index (χ4v) is 5.58. The number of fused-ring (bicyclic) bond motifs is 1. The fourth-order valence-electron chi connectivity index (χ4n) is 4.58. The minimum Gasteiger partial charge on any atom is -0.381 e. The third-order valence-electron chi connectivity index (χ3n) is 6.08. The molecule has 0 bridgehead atoms. The van der Waals surface area contributed by atoms with Gasteiger partial charge < -0.3 is 5.11 Å². The Labute approximate surface area is 143 Å². The van der Waals surface area contributed by atoms with Crippen molar-refractivity contribution in [1.82, 2.24) is 4.72 Å². The Hall–Kier alpha value is -0.960. The Morgan fingerprint density at radius 1 is 1.33 bits per heavy atom. The molecule has 24 heavy (non-hydrogen) atoms. The molecule has 4 rings (SSSR count). The molecule has 2 atom stereocenters. The van der Waals surface area contributed by atoms with Crippen LogP contribution in [0, 0.1) is 5.41 Å². The van der Waals surface area contributed by atoms with E-state index in [0.29, 0.717) is 12.0 Å². The zero-order chi connectivity index (χ0) is 17.5. The lowest BCUT2D eigenvalue weighted by atomic mass is 9.66. The first kappa shape index (κ1) is 16.5. The van der Waals surface area contributed by atoms with Gasteiger partial charge in [0.15, 0.2) is 16.8 Å². The van der Waals surface area contributed by atoms with Crippen LogP contribution in [0.1, 0.15) is 40.0 Å². The van der Waals surface area contributed by atoms with E-state index in [-0.39, 0.29) is 18.4 Å². The average molecular weight is 353 g/mol. The van der Waals surface area contributed by atoms with E-state index in [1.165, 1.54) is 0 Å². The molecule has 7 heteroatoms. The quantitative estimate of drug-likeness (QED) is 0.578. The average Bonchev–Trinajstić information content (AvgIpc) is 3.22. The first-order valence-corrected chi connectivity index (χ1v) is 9.69. The molecular formula is C17H23NO5S. The van der Waals surface area contributed by atoms with E-state index in [2.05, 4.69) is 4.72 Å². The van der Waals surface area contributed by atoms with Crippen LogP contribution >= 0.6 is 11.1 Å². The van der Waals surface area contributed by atoms with Gasteiger partial charge in [-0.3, -0.25) is 18.1 Å². The summed E-state index contributed by atoms with van der Waals surface area (Å²) in [6.07, 6.45) is 4.02. The van der Waals surface area contributed by atoms with Crippen LogP contribution in [0.5, 0.6) is 0 Å². The maximum atomic E-state index is 12.9. The zero-order valence-electron chi connectivity index (χ0n) is 14.0. The normalized spacial score (nSPS) is 38.3. The first-order valence-electron chi connectivity index (χ1n) is 8.22. The Kier molecular flexibility index (Phi) is 3.31. The molecule has 4 aliphatic rings. The van der Waals surface area contributed by atoms with Crippen LogP contribution in [-0.2, 0) is 8.98 Å². The van der Waals surface area contributed by atoms with Gasteiger partial charge in [0.2, 0.25) is 0 Å². The van der Waals surface area contributed by atoms with Crippen LogP contribution in [0.15, 0.2) is 33.9 Å². The number of aliphatic hydroxyl groups is 1. The van der Waals surface area contributed by atoms with Gasteiger partial charge in [0.05, 0.1) is 6.61 Å². The third-order valence-corrected chi connectivity index (χ3v) is 7.17. The minimum atomic E-state index is -3.26. The minimum absolute atomic E-state index is 0.228. The lowest BCUT2D eigenvalue weighted by Crippen LogP contribution is -2.50. The van der Waals surface area contributed by atoms with E-state index in [9.17, 15) is 19.0 Å². The number of hydrogen-bond donors (Lipinski definition) is 4. The summed E-state index contributed by atoms with van der Waals surface area (Å²) in [6, 6.07) is -0.283. The molecule has 1 spiro atoms. The number of ketones is 1. The summed E-state index contributed by atoms with van der Waals surface area (Å²) in [4.78, 5) is 12.9. The topological polar surface area (TPSA) is 99.0 Å². The number of rotatable bonds is 1. The van der Waals surface area contributed by atoms with Gasteiger partial charge in [0, 0.05) is 17.0 Å². The Morgan fingerprint density at radius 2 is 2.00 bits per heavy atom. The number of Topliss-reactive ketones (excluding diaryl/α,β-unsaturated/α-hetero) is 1. The number of allylic oxidation sites excluding steroid dienone is 2. The second-order valence-corrected chi connectivity index (χ2v) is 8.88. The van der Waals surface area contributed by atoms with Gasteiger partial charge in [0.25, 0.3) is 0 Å². The summed E-state index contributed by atoms with van der Waals surface area (Å²) < 4.78 is 27.4. The zero-order valence-corrected chi connectivity index (χ0v) is 14.9. The second-order valence-electron chi connectivity index (χ2n) is 7.42. The molecule has 0 amide bonds. The van der Waals surface area contributed by atoms with Crippen molar-refractivity contribution in [3.05, 3.63) is 33.9 Å². The van der Waals surface area contributed by atoms with E-state index in [1.54, 1.807) is 6.92 Å². The number of hydrogen-bond acceptors (Lipinski definition) is 6.